The number of piperidine rings is 1. The Balaban J connectivity index is 1.90. The molecule has 0 bridgehead atoms. The van der Waals surface area contributed by atoms with Crippen LogP contribution in [-0.4, -0.2) is 50.7 Å². The van der Waals surface area contributed by atoms with E-state index in [4.69, 9.17) is 0 Å². The molecule has 6 nitrogen and oxygen atoms in total. The number of nitrogens with one attached hydrogen (secondary N) is 2. The number of hydrogen-bond acceptors (Lipinski definition) is 4. The molecule has 1 saturated heterocycles. The SMILES string of the molecule is Cc1ccc(NC(=O)C(C)N2CCC(NS(C)(=O)=O)CC2)c(C)c1. The van der Waals surface area contributed by atoms with Crippen LogP contribution >= 0.6 is 0 Å². The Morgan fingerprint density at radius 3 is 2.42 bits per heavy atom. The van der Waals surface area contributed by atoms with Gasteiger partial charge in [-0.25, -0.2) is 13.1 Å². The first kappa shape index (κ1) is 18.9. The first-order valence-corrected chi connectivity index (χ1v) is 10.1. The van der Waals surface area contributed by atoms with E-state index in [1.807, 2.05) is 39.0 Å². The molecule has 1 amide bonds. The fraction of sp³-hybridized carbons (Fsp3) is 0.588. The van der Waals surface area contributed by atoms with E-state index >= 15 is 0 Å². The number of carbonyl (C=O) groups excluding carboxylic acids is 1. The summed E-state index contributed by atoms with van der Waals surface area (Å²) in [7, 11) is -3.17. The molecule has 1 fully saturated rings. The van der Waals surface area contributed by atoms with Crippen LogP contribution in [0.2, 0.25) is 0 Å². The van der Waals surface area contributed by atoms with Crippen LogP contribution < -0.4 is 10.0 Å². The van der Waals surface area contributed by atoms with Crippen molar-refractivity contribution >= 4 is 21.6 Å². The lowest BCUT2D eigenvalue weighted by atomic mass is 10.0. The zero-order valence-corrected chi connectivity index (χ0v) is 15.6. The van der Waals surface area contributed by atoms with Crippen LogP contribution in [0.5, 0.6) is 0 Å². The van der Waals surface area contributed by atoms with Gasteiger partial charge in [-0.05, 0) is 45.2 Å². The van der Waals surface area contributed by atoms with Crippen molar-refractivity contribution in [1.82, 2.24) is 9.62 Å². The standard InChI is InChI=1S/C17H27N3O3S/c1-12-5-6-16(13(2)11-12)18-17(21)14(3)20-9-7-15(8-10-20)19-24(4,22)23/h5-6,11,14-15,19H,7-10H2,1-4H3,(H,18,21). The van der Waals surface area contributed by atoms with Gasteiger partial charge in [0, 0.05) is 24.8 Å². The fourth-order valence-electron chi connectivity index (χ4n) is 3.06. The number of hydrogen-bond donors (Lipinski definition) is 2. The minimum absolute atomic E-state index is 0.0310. The highest BCUT2D eigenvalue weighted by Gasteiger charge is 2.27. The molecule has 1 atom stereocenters. The fourth-order valence-corrected chi connectivity index (χ4v) is 3.91. The van der Waals surface area contributed by atoms with Crippen molar-refractivity contribution in [3.05, 3.63) is 29.3 Å². The van der Waals surface area contributed by atoms with Gasteiger partial charge in [-0.15, -0.1) is 0 Å². The lowest BCUT2D eigenvalue weighted by molar-refractivity contribution is -0.121. The summed E-state index contributed by atoms with van der Waals surface area (Å²) in [5.74, 6) is -0.0310. The number of nitrogens with zero attached hydrogens (tertiary/aromatic N) is 1. The second kappa shape index (κ2) is 7.63. The highest BCUT2D eigenvalue weighted by molar-refractivity contribution is 7.88. The topological polar surface area (TPSA) is 78.5 Å². The number of sulfonamides is 1. The van der Waals surface area contributed by atoms with Gasteiger partial charge in [0.05, 0.1) is 12.3 Å². The summed E-state index contributed by atoms with van der Waals surface area (Å²) in [6.45, 7) is 7.30. The molecule has 7 heteroatoms. The van der Waals surface area contributed by atoms with Gasteiger partial charge in [-0.1, -0.05) is 17.7 Å². The largest absolute Gasteiger partial charge is 0.324 e. The zero-order valence-electron chi connectivity index (χ0n) is 14.8. The van der Waals surface area contributed by atoms with Gasteiger partial charge in [-0.2, -0.15) is 0 Å². The second-order valence-corrected chi connectivity index (χ2v) is 8.46. The molecule has 1 aliphatic heterocycles. The molecule has 1 aromatic carbocycles. The number of aryl methyl sites for hydroxylation is 2. The van der Waals surface area contributed by atoms with Gasteiger partial charge in [0.2, 0.25) is 15.9 Å². The average Bonchev–Trinajstić information content (AvgIpc) is 2.48. The van der Waals surface area contributed by atoms with Crippen molar-refractivity contribution in [3.8, 4) is 0 Å². The first-order chi connectivity index (χ1) is 11.2. The molecule has 1 heterocycles. The highest BCUT2D eigenvalue weighted by atomic mass is 32.2. The van der Waals surface area contributed by atoms with E-state index in [0.29, 0.717) is 25.9 Å². The van der Waals surface area contributed by atoms with Crippen molar-refractivity contribution < 1.29 is 13.2 Å². The highest BCUT2D eigenvalue weighted by Crippen LogP contribution is 2.18. The molecule has 2 rings (SSSR count). The van der Waals surface area contributed by atoms with Crippen LogP contribution in [0.25, 0.3) is 0 Å². The summed E-state index contributed by atoms with van der Waals surface area (Å²) < 4.78 is 25.2. The van der Waals surface area contributed by atoms with Crippen LogP contribution in [-0.2, 0) is 14.8 Å². The van der Waals surface area contributed by atoms with Crippen molar-refractivity contribution in [2.24, 2.45) is 0 Å². The minimum atomic E-state index is -3.17. The van der Waals surface area contributed by atoms with E-state index in [1.165, 1.54) is 11.8 Å². The van der Waals surface area contributed by atoms with Crippen LogP contribution in [0.15, 0.2) is 18.2 Å². The van der Waals surface area contributed by atoms with Crippen LogP contribution in [0.4, 0.5) is 5.69 Å². The number of rotatable bonds is 5. The zero-order chi connectivity index (χ0) is 17.9. The molecule has 0 spiro atoms. The van der Waals surface area contributed by atoms with Crippen molar-refractivity contribution in [1.29, 1.82) is 0 Å². The number of anilines is 1. The van der Waals surface area contributed by atoms with Crippen LogP contribution in [0.3, 0.4) is 0 Å². The van der Waals surface area contributed by atoms with Crippen LogP contribution in [0, 0.1) is 13.8 Å². The Hall–Kier alpha value is -1.44. The predicted molar refractivity (Wildman–Crippen MR) is 96.6 cm³/mol. The third kappa shape index (κ3) is 5.29. The van der Waals surface area contributed by atoms with Gasteiger partial charge in [0.1, 0.15) is 0 Å². The lowest BCUT2D eigenvalue weighted by Gasteiger charge is -2.35. The smallest absolute Gasteiger partial charge is 0.241 e. The van der Waals surface area contributed by atoms with Crippen molar-refractivity contribution in [3.63, 3.8) is 0 Å². The molecule has 0 aliphatic carbocycles. The molecule has 0 radical (unpaired) electrons. The first-order valence-electron chi connectivity index (χ1n) is 8.25. The van der Waals surface area contributed by atoms with E-state index in [2.05, 4.69) is 14.9 Å². The van der Waals surface area contributed by atoms with E-state index < -0.39 is 10.0 Å². The average molecular weight is 353 g/mol. The monoisotopic (exact) mass is 353 g/mol. The quantitative estimate of drug-likeness (QED) is 0.844. The lowest BCUT2D eigenvalue weighted by Crippen LogP contribution is -2.50. The summed E-state index contributed by atoms with van der Waals surface area (Å²) in [5, 5.41) is 2.99. The molecule has 134 valence electrons. The molecular formula is C17H27N3O3S. The Morgan fingerprint density at radius 1 is 1.25 bits per heavy atom. The Bertz CT molecular complexity index is 695. The summed E-state index contributed by atoms with van der Waals surface area (Å²) >= 11 is 0. The number of benzene rings is 1. The summed E-state index contributed by atoms with van der Waals surface area (Å²) in [6, 6.07) is 5.67. The minimum Gasteiger partial charge on any atom is -0.324 e. The molecule has 1 aliphatic rings. The molecule has 0 saturated carbocycles. The molecule has 24 heavy (non-hydrogen) atoms. The van der Waals surface area contributed by atoms with E-state index in [9.17, 15) is 13.2 Å². The predicted octanol–water partition coefficient (Wildman–Crippen LogP) is 1.64. The van der Waals surface area contributed by atoms with E-state index in [0.717, 1.165) is 11.3 Å². The molecular weight excluding hydrogens is 326 g/mol. The maximum Gasteiger partial charge on any atom is 0.241 e. The molecule has 1 unspecified atom stereocenters. The maximum atomic E-state index is 12.5. The third-order valence-electron chi connectivity index (χ3n) is 4.48. The normalized spacial score (nSPS) is 18.3. The summed E-state index contributed by atoms with van der Waals surface area (Å²) in [5.41, 5.74) is 3.05. The van der Waals surface area contributed by atoms with Gasteiger partial charge in [0.15, 0.2) is 0 Å². The summed E-state index contributed by atoms with van der Waals surface area (Å²) in [4.78, 5) is 14.6. The number of likely N-dealkylation sites (tertiary alicyclic amines) is 1. The number of carbonyl (C=O) groups is 1. The van der Waals surface area contributed by atoms with Gasteiger partial charge in [-0.3, -0.25) is 9.69 Å². The molecule has 1 aromatic rings. The van der Waals surface area contributed by atoms with E-state index in [-0.39, 0.29) is 18.0 Å². The molecule has 0 aromatic heterocycles. The van der Waals surface area contributed by atoms with Gasteiger partial charge < -0.3 is 5.32 Å². The third-order valence-corrected chi connectivity index (χ3v) is 5.24. The second-order valence-electron chi connectivity index (χ2n) is 6.68. The Labute approximate surface area is 144 Å². The molecule has 2 N–H and O–H groups in total. The van der Waals surface area contributed by atoms with Crippen LogP contribution in [0.1, 0.15) is 30.9 Å². The maximum absolute atomic E-state index is 12.5. The summed E-state index contributed by atoms with van der Waals surface area (Å²) in [6.07, 6.45) is 2.61. The van der Waals surface area contributed by atoms with Gasteiger partial charge in [0.25, 0.3) is 0 Å². The van der Waals surface area contributed by atoms with Crippen molar-refractivity contribution in [2.45, 2.75) is 45.7 Å². The van der Waals surface area contributed by atoms with Crippen molar-refractivity contribution in [2.75, 3.05) is 24.7 Å². The Kier molecular flexibility index (Phi) is 6.01. The Morgan fingerprint density at radius 2 is 1.88 bits per heavy atom. The van der Waals surface area contributed by atoms with E-state index in [1.54, 1.807) is 0 Å². The number of amides is 1. The van der Waals surface area contributed by atoms with Gasteiger partial charge >= 0.3 is 0 Å².